The van der Waals surface area contributed by atoms with Crippen LogP contribution in [0.1, 0.15) is 11.1 Å². The molecule has 100 valence electrons. The molecule has 0 atom stereocenters. The Balaban J connectivity index is 2.19. The predicted octanol–water partition coefficient (Wildman–Crippen LogP) is 3.59. The summed E-state index contributed by atoms with van der Waals surface area (Å²) in [7, 11) is 3.24. The maximum absolute atomic E-state index is 5.84. The Morgan fingerprint density at radius 1 is 0.895 bits per heavy atom. The van der Waals surface area contributed by atoms with E-state index >= 15 is 0 Å². The average molecular weight is 258 g/mol. The van der Waals surface area contributed by atoms with Crippen molar-refractivity contribution in [3.8, 4) is 17.2 Å². The Kier molecular flexibility index (Phi) is 4.29. The van der Waals surface area contributed by atoms with Crippen LogP contribution in [-0.4, -0.2) is 14.2 Å². The van der Waals surface area contributed by atoms with Crippen LogP contribution >= 0.6 is 0 Å². The highest BCUT2D eigenvalue weighted by Crippen LogP contribution is 2.37. The standard InChI is InChI=1S/C16H18O3/c1-12-6-4-7-13(10-12)11-19-16-14(17-2)8-5-9-15(16)18-3/h4-10H,11H2,1-3H3. The molecule has 2 rings (SSSR count). The molecule has 3 nitrogen and oxygen atoms in total. The minimum Gasteiger partial charge on any atom is -0.493 e. The highest BCUT2D eigenvalue weighted by molar-refractivity contribution is 5.51. The van der Waals surface area contributed by atoms with Crippen molar-refractivity contribution in [1.82, 2.24) is 0 Å². The first-order valence-electron chi connectivity index (χ1n) is 6.14. The van der Waals surface area contributed by atoms with E-state index in [4.69, 9.17) is 14.2 Å². The maximum atomic E-state index is 5.84. The van der Waals surface area contributed by atoms with Gasteiger partial charge in [-0.05, 0) is 24.6 Å². The van der Waals surface area contributed by atoms with Gasteiger partial charge in [0.1, 0.15) is 6.61 Å². The zero-order valence-electron chi connectivity index (χ0n) is 11.5. The monoisotopic (exact) mass is 258 g/mol. The van der Waals surface area contributed by atoms with Gasteiger partial charge in [0, 0.05) is 0 Å². The lowest BCUT2D eigenvalue weighted by molar-refractivity contribution is 0.266. The fourth-order valence-corrected chi connectivity index (χ4v) is 1.92. The first-order valence-corrected chi connectivity index (χ1v) is 6.14. The van der Waals surface area contributed by atoms with Gasteiger partial charge in [0.2, 0.25) is 5.75 Å². The summed E-state index contributed by atoms with van der Waals surface area (Å²) in [6.45, 7) is 2.55. The fourth-order valence-electron chi connectivity index (χ4n) is 1.92. The van der Waals surface area contributed by atoms with Crippen LogP contribution in [0.25, 0.3) is 0 Å². The Labute approximate surface area is 113 Å². The molecule has 0 bridgehead atoms. The van der Waals surface area contributed by atoms with E-state index in [2.05, 4.69) is 19.1 Å². The largest absolute Gasteiger partial charge is 0.493 e. The molecular weight excluding hydrogens is 240 g/mol. The molecular formula is C16H18O3. The number of aryl methyl sites for hydroxylation is 1. The molecule has 19 heavy (non-hydrogen) atoms. The van der Waals surface area contributed by atoms with Gasteiger partial charge < -0.3 is 14.2 Å². The van der Waals surface area contributed by atoms with E-state index in [-0.39, 0.29) is 0 Å². The molecule has 0 amide bonds. The molecule has 0 saturated heterocycles. The van der Waals surface area contributed by atoms with E-state index < -0.39 is 0 Å². The predicted molar refractivity (Wildman–Crippen MR) is 75.1 cm³/mol. The normalized spacial score (nSPS) is 10.1. The lowest BCUT2D eigenvalue weighted by Gasteiger charge is -2.14. The number of hydrogen-bond donors (Lipinski definition) is 0. The van der Waals surface area contributed by atoms with Gasteiger partial charge in [-0.1, -0.05) is 35.9 Å². The highest BCUT2D eigenvalue weighted by atomic mass is 16.5. The third-order valence-corrected chi connectivity index (χ3v) is 2.85. The van der Waals surface area contributed by atoms with Gasteiger partial charge >= 0.3 is 0 Å². The van der Waals surface area contributed by atoms with Crippen LogP contribution in [0.4, 0.5) is 0 Å². The van der Waals surface area contributed by atoms with Gasteiger partial charge in [-0.15, -0.1) is 0 Å². The molecule has 0 spiro atoms. The summed E-state index contributed by atoms with van der Waals surface area (Å²) in [6.07, 6.45) is 0. The Hall–Kier alpha value is -2.16. The van der Waals surface area contributed by atoms with Crippen LogP contribution in [0, 0.1) is 6.92 Å². The molecule has 0 aliphatic carbocycles. The van der Waals surface area contributed by atoms with Crippen LogP contribution in [0.5, 0.6) is 17.2 Å². The van der Waals surface area contributed by atoms with E-state index in [1.54, 1.807) is 14.2 Å². The third-order valence-electron chi connectivity index (χ3n) is 2.85. The minimum atomic E-state index is 0.485. The molecule has 0 saturated carbocycles. The van der Waals surface area contributed by atoms with E-state index in [1.165, 1.54) is 5.56 Å². The Morgan fingerprint density at radius 3 is 2.11 bits per heavy atom. The summed E-state index contributed by atoms with van der Waals surface area (Å²) in [5.41, 5.74) is 2.33. The zero-order chi connectivity index (χ0) is 13.7. The molecule has 0 heterocycles. The smallest absolute Gasteiger partial charge is 0.203 e. The number of methoxy groups -OCH3 is 2. The first kappa shape index (κ1) is 13.3. The lowest BCUT2D eigenvalue weighted by atomic mass is 10.1. The second kappa shape index (κ2) is 6.14. The highest BCUT2D eigenvalue weighted by Gasteiger charge is 2.11. The van der Waals surface area contributed by atoms with Gasteiger partial charge in [-0.3, -0.25) is 0 Å². The van der Waals surface area contributed by atoms with Crippen molar-refractivity contribution in [3.05, 3.63) is 53.6 Å². The molecule has 0 N–H and O–H groups in total. The molecule has 0 aliphatic heterocycles. The minimum absolute atomic E-state index is 0.485. The summed E-state index contributed by atoms with van der Waals surface area (Å²) < 4.78 is 16.4. The second-order valence-corrected chi connectivity index (χ2v) is 4.27. The van der Waals surface area contributed by atoms with Gasteiger partial charge in [-0.2, -0.15) is 0 Å². The van der Waals surface area contributed by atoms with Crippen molar-refractivity contribution in [2.45, 2.75) is 13.5 Å². The number of benzene rings is 2. The van der Waals surface area contributed by atoms with Gasteiger partial charge in [0.15, 0.2) is 11.5 Å². The number of para-hydroxylation sites is 1. The van der Waals surface area contributed by atoms with Crippen molar-refractivity contribution < 1.29 is 14.2 Å². The topological polar surface area (TPSA) is 27.7 Å². The Morgan fingerprint density at radius 2 is 1.53 bits per heavy atom. The fraction of sp³-hybridized carbons (Fsp3) is 0.250. The molecule has 0 aromatic heterocycles. The maximum Gasteiger partial charge on any atom is 0.203 e. The van der Waals surface area contributed by atoms with Crippen LogP contribution in [0.3, 0.4) is 0 Å². The lowest BCUT2D eigenvalue weighted by Crippen LogP contribution is -2.00. The van der Waals surface area contributed by atoms with Crippen LogP contribution < -0.4 is 14.2 Å². The summed E-state index contributed by atoms with van der Waals surface area (Å²) in [5.74, 6) is 1.98. The second-order valence-electron chi connectivity index (χ2n) is 4.27. The summed E-state index contributed by atoms with van der Waals surface area (Å²) in [6, 6.07) is 13.8. The number of rotatable bonds is 5. The van der Waals surface area contributed by atoms with Crippen molar-refractivity contribution >= 4 is 0 Å². The molecule has 0 aliphatic rings. The quantitative estimate of drug-likeness (QED) is 0.820. The van der Waals surface area contributed by atoms with Crippen LogP contribution in [0.15, 0.2) is 42.5 Å². The summed E-state index contributed by atoms with van der Waals surface area (Å²) in [4.78, 5) is 0. The van der Waals surface area contributed by atoms with E-state index in [9.17, 15) is 0 Å². The number of ether oxygens (including phenoxy) is 3. The zero-order valence-corrected chi connectivity index (χ0v) is 11.5. The molecule has 2 aromatic rings. The van der Waals surface area contributed by atoms with E-state index in [0.29, 0.717) is 23.9 Å². The molecule has 2 aromatic carbocycles. The SMILES string of the molecule is COc1cccc(OC)c1OCc1cccc(C)c1. The van der Waals surface area contributed by atoms with Gasteiger partial charge in [-0.25, -0.2) is 0 Å². The van der Waals surface area contributed by atoms with Gasteiger partial charge in [0.25, 0.3) is 0 Å². The van der Waals surface area contributed by atoms with Crippen LogP contribution in [0.2, 0.25) is 0 Å². The average Bonchev–Trinajstić information content (AvgIpc) is 2.44. The van der Waals surface area contributed by atoms with E-state index in [0.717, 1.165) is 5.56 Å². The first-order chi connectivity index (χ1) is 9.24. The van der Waals surface area contributed by atoms with Crippen molar-refractivity contribution in [3.63, 3.8) is 0 Å². The van der Waals surface area contributed by atoms with E-state index in [1.807, 2.05) is 30.3 Å². The third kappa shape index (κ3) is 3.19. The Bertz CT molecular complexity index is 527. The summed E-state index contributed by atoms with van der Waals surface area (Å²) in [5, 5.41) is 0. The summed E-state index contributed by atoms with van der Waals surface area (Å²) >= 11 is 0. The van der Waals surface area contributed by atoms with Crippen LogP contribution in [-0.2, 0) is 6.61 Å². The van der Waals surface area contributed by atoms with Crippen molar-refractivity contribution in [2.24, 2.45) is 0 Å². The molecule has 3 heteroatoms. The van der Waals surface area contributed by atoms with Crippen molar-refractivity contribution in [1.29, 1.82) is 0 Å². The molecule has 0 fully saturated rings. The van der Waals surface area contributed by atoms with Gasteiger partial charge in [0.05, 0.1) is 14.2 Å². The van der Waals surface area contributed by atoms with Crippen molar-refractivity contribution in [2.75, 3.05) is 14.2 Å². The number of hydrogen-bond acceptors (Lipinski definition) is 3. The molecule has 0 radical (unpaired) electrons. The molecule has 0 unspecified atom stereocenters.